The summed E-state index contributed by atoms with van der Waals surface area (Å²) < 4.78 is 5.31. The molecular formula is C7H4N4O2S. The van der Waals surface area contributed by atoms with Crippen molar-refractivity contribution in [2.24, 2.45) is 0 Å². The Balaban J connectivity index is 3.39. The molecule has 70 valence electrons. The van der Waals surface area contributed by atoms with Crippen molar-refractivity contribution in [3.05, 3.63) is 17.2 Å². The summed E-state index contributed by atoms with van der Waals surface area (Å²) in [6.07, 6.45) is 0. The number of hydrogen-bond acceptors (Lipinski definition) is 6. The van der Waals surface area contributed by atoms with Crippen molar-refractivity contribution in [1.82, 2.24) is 8.96 Å². The van der Waals surface area contributed by atoms with Gasteiger partial charge in [0.05, 0.1) is 7.11 Å². The van der Waals surface area contributed by atoms with Gasteiger partial charge in [0.1, 0.15) is 12.1 Å². The lowest BCUT2D eigenvalue weighted by molar-refractivity contribution is 0.0586. The maximum absolute atomic E-state index is 11.1. The molecule has 1 aromatic rings. The maximum Gasteiger partial charge on any atom is 0.375 e. The zero-order valence-electron chi connectivity index (χ0n) is 7.05. The van der Waals surface area contributed by atoms with Crippen molar-refractivity contribution >= 4 is 18.8 Å². The van der Waals surface area contributed by atoms with Gasteiger partial charge in [-0.15, -0.1) is 0 Å². The van der Waals surface area contributed by atoms with Crippen molar-refractivity contribution in [3.8, 4) is 12.1 Å². The molecule has 0 radical (unpaired) electrons. The van der Waals surface area contributed by atoms with E-state index in [0.717, 1.165) is 3.97 Å². The predicted molar refractivity (Wildman–Crippen MR) is 47.4 cm³/mol. The molecule has 0 aromatic carbocycles. The highest BCUT2D eigenvalue weighted by Gasteiger charge is 2.20. The first-order valence-corrected chi connectivity index (χ1v) is 3.76. The molecule has 6 nitrogen and oxygen atoms in total. The minimum atomic E-state index is -0.752. The molecule has 0 unspecified atom stereocenters. The fraction of sp³-hybridized carbons (Fsp3) is 0.143. The molecule has 0 fully saturated rings. The zero-order valence-corrected chi connectivity index (χ0v) is 7.95. The van der Waals surface area contributed by atoms with E-state index in [0.29, 0.717) is 0 Å². The van der Waals surface area contributed by atoms with Gasteiger partial charge in [-0.1, -0.05) is 12.8 Å². The molecule has 0 N–H and O–H groups in total. The quantitative estimate of drug-likeness (QED) is 0.522. The zero-order chi connectivity index (χ0) is 10.7. The van der Waals surface area contributed by atoms with Crippen LogP contribution in [-0.2, 0) is 4.74 Å². The molecular weight excluding hydrogens is 204 g/mol. The number of nitriles is 2. The molecule has 14 heavy (non-hydrogen) atoms. The Kier molecular flexibility index (Phi) is 2.75. The van der Waals surface area contributed by atoms with Crippen LogP contribution in [0.25, 0.3) is 0 Å². The third kappa shape index (κ3) is 1.41. The van der Waals surface area contributed by atoms with Crippen LogP contribution in [0.2, 0.25) is 0 Å². The van der Waals surface area contributed by atoms with Gasteiger partial charge < -0.3 is 4.74 Å². The monoisotopic (exact) mass is 208 g/mol. The second-order valence-corrected chi connectivity index (χ2v) is 2.56. The number of methoxy groups -OCH3 is 1. The van der Waals surface area contributed by atoms with Gasteiger partial charge in [0, 0.05) is 0 Å². The minimum absolute atomic E-state index is 0.0868. The van der Waals surface area contributed by atoms with Crippen LogP contribution in [-0.4, -0.2) is 22.0 Å². The molecule has 0 aliphatic heterocycles. The molecule has 0 spiro atoms. The Morgan fingerprint density at radius 1 is 1.57 bits per heavy atom. The van der Waals surface area contributed by atoms with Gasteiger partial charge in [-0.25, -0.2) is 9.78 Å². The smallest absolute Gasteiger partial charge is 0.375 e. The van der Waals surface area contributed by atoms with Crippen LogP contribution in [0.1, 0.15) is 22.0 Å². The molecule has 0 saturated carbocycles. The number of imidazole rings is 1. The first-order valence-electron chi connectivity index (χ1n) is 3.36. The second kappa shape index (κ2) is 3.81. The van der Waals surface area contributed by atoms with Crippen LogP contribution in [0.5, 0.6) is 0 Å². The number of ether oxygens (including phenoxy) is 1. The second-order valence-electron chi connectivity index (χ2n) is 2.16. The lowest BCUT2D eigenvalue weighted by atomic mass is 10.4. The molecule has 0 aliphatic rings. The van der Waals surface area contributed by atoms with E-state index in [1.807, 2.05) is 0 Å². The van der Waals surface area contributed by atoms with Crippen LogP contribution in [0.15, 0.2) is 0 Å². The van der Waals surface area contributed by atoms with Crippen molar-refractivity contribution in [2.75, 3.05) is 7.11 Å². The fourth-order valence-corrected chi connectivity index (χ4v) is 1.08. The summed E-state index contributed by atoms with van der Waals surface area (Å²) in [5.41, 5.74) is -0.237. The van der Waals surface area contributed by atoms with E-state index in [1.54, 1.807) is 12.1 Å². The first kappa shape index (κ1) is 10.1. The highest BCUT2D eigenvalue weighted by atomic mass is 32.1. The number of carbonyl (C=O) groups excluding carboxylic acids is 1. The minimum Gasteiger partial charge on any atom is -0.463 e. The van der Waals surface area contributed by atoms with Crippen molar-refractivity contribution in [2.45, 2.75) is 0 Å². The van der Waals surface area contributed by atoms with Crippen LogP contribution in [0.3, 0.4) is 0 Å². The van der Waals surface area contributed by atoms with E-state index in [2.05, 4.69) is 22.5 Å². The summed E-state index contributed by atoms with van der Waals surface area (Å²) in [4.78, 5) is 14.7. The number of esters is 1. The molecule has 0 aliphatic carbocycles. The van der Waals surface area contributed by atoms with Gasteiger partial charge >= 0.3 is 5.97 Å². The van der Waals surface area contributed by atoms with E-state index in [4.69, 9.17) is 10.5 Å². The molecule has 0 saturated heterocycles. The molecule has 0 bridgehead atoms. The van der Waals surface area contributed by atoms with Gasteiger partial charge in [-0.05, 0) is 0 Å². The molecule has 0 amide bonds. The normalized spacial score (nSPS) is 8.86. The standard InChI is InChI=1S/C7H4N4O2S/c1-13-7(12)6-10-4(2-8)5(3-9)11(6)14/h14H,1H3. The maximum atomic E-state index is 11.1. The first-order chi connectivity index (χ1) is 6.65. The van der Waals surface area contributed by atoms with Gasteiger partial charge in [0.25, 0.3) is 0 Å². The van der Waals surface area contributed by atoms with Gasteiger partial charge in [-0.2, -0.15) is 10.5 Å². The molecule has 1 heterocycles. The Bertz CT molecular complexity index is 465. The number of thiol groups is 1. The van der Waals surface area contributed by atoms with E-state index in [9.17, 15) is 4.79 Å². The Morgan fingerprint density at radius 2 is 2.21 bits per heavy atom. The third-order valence-electron chi connectivity index (χ3n) is 1.43. The number of hydrogen-bond donors (Lipinski definition) is 1. The highest BCUT2D eigenvalue weighted by molar-refractivity contribution is 7.78. The van der Waals surface area contributed by atoms with Crippen LogP contribution < -0.4 is 0 Å². The summed E-state index contributed by atoms with van der Waals surface area (Å²) in [5.74, 6) is -0.943. The summed E-state index contributed by atoms with van der Waals surface area (Å²) in [5, 5.41) is 17.2. The average Bonchev–Trinajstić information content (AvgIpc) is 2.53. The van der Waals surface area contributed by atoms with E-state index in [1.165, 1.54) is 7.11 Å². The topological polar surface area (TPSA) is 91.7 Å². The largest absolute Gasteiger partial charge is 0.463 e. The number of aromatic nitrogens is 2. The van der Waals surface area contributed by atoms with Crippen LogP contribution in [0.4, 0.5) is 0 Å². The summed E-state index contributed by atoms with van der Waals surface area (Å²) in [6, 6.07) is 3.38. The molecule has 7 heteroatoms. The molecule has 1 rings (SSSR count). The molecule has 0 atom stereocenters. The van der Waals surface area contributed by atoms with Crippen LogP contribution >= 0.6 is 12.8 Å². The SMILES string of the molecule is COC(=O)c1nc(C#N)c(C#N)n1S. The van der Waals surface area contributed by atoms with Gasteiger partial charge in [0.2, 0.25) is 5.82 Å². The van der Waals surface area contributed by atoms with Gasteiger partial charge in [0.15, 0.2) is 11.4 Å². The van der Waals surface area contributed by atoms with E-state index < -0.39 is 5.97 Å². The summed E-state index contributed by atoms with van der Waals surface area (Å²) in [6.45, 7) is 0. The van der Waals surface area contributed by atoms with Crippen LogP contribution in [0, 0.1) is 22.7 Å². The number of carbonyl (C=O) groups is 1. The Hall–Kier alpha value is -1.99. The fourth-order valence-electron chi connectivity index (χ4n) is 0.814. The Morgan fingerprint density at radius 3 is 2.57 bits per heavy atom. The van der Waals surface area contributed by atoms with E-state index >= 15 is 0 Å². The number of rotatable bonds is 1. The molecule has 1 aromatic heterocycles. The van der Waals surface area contributed by atoms with Gasteiger partial charge in [-0.3, -0.25) is 3.97 Å². The third-order valence-corrected chi connectivity index (χ3v) is 1.82. The number of nitrogens with zero attached hydrogens (tertiary/aromatic N) is 4. The predicted octanol–water partition coefficient (Wildman–Crippen LogP) is 0.106. The summed E-state index contributed by atoms with van der Waals surface area (Å²) >= 11 is 3.84. The van der Waals surface area contributed by atoms with Crippen molar-refractivity contribution in [1.29, 1.82) is 10.5 Å². The van der Waals surface area contributed by atoms with Crippen molar-refractivity contribution < 1.29 is 9.53 Å². The lowest BCUT2D eigenvalue weighted by Gasteiger charge is -1.96. The average molecular weight is 208 g/mol. The summed E-state index contributed by atoms with van der Waals surface area (Å²) in [7, 11) is 1.17. The Labute approximate surface area is 84.9 Å². The van der Waals surface area contributed by atoms with Crippen molar-refractivity contribution in [3.63, 3.8) is 0 Å². The van der Waals surface area contributed by atoms with E-state index in [-0.39, 0.29) is 17.2 Å². The highest BCUT2D eigenvalue weighted by Crippen LogP contribution is 2.12. The lowest BCUT2D eigenvalue weighted by Crippen LogP contribution is -2.07.